The van der Waals surface area contributed by atoms with Crippen LogP contribution >= 0.6 is 20.3 Å². The van der Waals surface area contributed by atoms with Crippen LogP contribution in [0.5, 0.6) is 6.01 Å². The molecular formula is C29H37N3O5S2. The van der Waals surface area contributed by atoms with Crippen molar-refractivity contribution in [3.8, 4) is 17.2 Å². The number of nitrogens with one attached hydrogen (secondary N) is 1. The molecule has 3 atom stereocenters. The lowest BCUT2D eigenvalue weighted by atomic mass is 9.79. The van der Waals surface area contributed by atoms with E-state index in [1.807, 2.05) is 26.1 Å². The molecule has 0 aromatic carbocycles. The number of hydrogen-bond donors (Lipinski definition) is 2. The fraction of sp³-hybridized carbons (Fsp3) is 0.552. The number of aromatic nitrogens is 2. The van der Waals surface area contributed by atoms with E-state index >= 15 is 0 Å². The van der Waals surface area contributed by atoms with Crippen LogP contribution in [0.25, 0.3) is 0 Å². The summed E-state index contributed by atoms with van der Waals surface area (Å²) in [5.74, 6) is 2.16. The van der Waals surface area contributed by atoms with Gasteiger partial charge in [-0.05, 0) is 97.7 Å². The second-order valence-electron chi connectivity index (χ2n) is 11.6. The van der Waals surface area contributed by atoms with E-state index in [-0.39, 0.29) is 51.8 Å². The zero-order valence-corrected chi connectivity index (χ0v) is 24.8. The number of ether oxygens (including phenoxy) is 1. The molecule has 1 saturated carbocycles. The summed E-state index contributed by atoms with van der Waals surface area (Å²) < 4.78 is 5.92. The molecule has 2 heterocycles. The van der Waals surface area contributed by atoms with Gasteiger partial charge in [0.15, 0.2) is 0 Å². The van der Waals surface area contributed by atoms with Crippen LogP contribution in [0.1, 0.15) is 73.1 Å². The molecule has 39 heavy (non-hydrogen) atoms. The first-order chi connectivity index (χ1) is 18.4. The fourth-order valence-corrected chi connectivity index (χ4v) is 8.41. The third-order valence-electron chi connectivity index (χ3n) is 7.15. The summed E-state index contributed by atoms with van der Waals surface area (Å²) in [7, 11) is 0.587. The summed E-state index contributed by atoms with van der Waals surface area (Å²) in [6.07, 6.45) is 7.54. The highest BCUT2D eigenvalue weighted by Gasteiger charge is 2.40. The van der Waals surface area contributed by atoms with Crippen molar-refractivity contribution in [1.82, 2.24) is 14.9 Å². The average molecular weight is 572 g/mol. The van der Waals surface area contributed by atoms with E-state index in [2.05, 4.69) is 41.1 Å². The van der Waals surface area contributed by atoms with Crippen LogP contribution in [0.2, 0.25) is 0 Å². The zero-order chi connectivity index (χ0) is 28.3. The highest BCUT2D eigenvalue weighted by Crippen LogP contribution is 2.47. The molecule has 2 N–H and O–H groups in total. The molecule has 0 spiro atoms. The number of amides is 1. The van der Waals surface area contributed by atoms with E-state index < -0.39 is 15.5 Å². The summed E-state index contributed by atoms with van der Waals surface area (Å²) in [6.45, 7) is 10.3. The molecule has 4 rings (SSSR count). The average Bonchev–Trinajstić information content (AvgIpc) is 3.28. The number of aliphatic carboxylic acids is 1. The van der Waals surface area contributed by atoms with Crippen LogP contribution in [0.4, 0.5) is 0 Å². The summed E-state index contributed by atoms with van der Waals surface area (Å²) in [6, 6.07) is 1.37. The molecule has 0 bridgehead atoms. The van der Waals surface area contributed by atoms with Crippen molar-refractivity contribution < 1.29 is 19.4 Å². The predicted octanol–water partition coefficient (Wildman–Crippen LogP) is 5.32. The Kier molecular flexibility index (Phi) is 9.12. The van der Waals surface area contributed by atoms with Gasteiger partial charge < -0.3 is 14.7 Å². The second kappa shape index (κ2) is 12.2. The third-order valence-corrected chi connectivity index (χ3v) is 10.2. The zero-order valence-electron chi connectivity index (χ0n) is 23.2. The number of nitrogens with zero attached hydrogens (tertiary/aromatic N) is 2. The largest absolute Gasteiger partial charge is 0.477 e. The summed E-state index contributed by atoms with van der Waals surface area (Å²) in [5, 5.41) is 15.3. The predicted molar refractivity (Wildman–Crippen MR) is 157 cm³/mol. The summed E-state index contributed by atoms with van der Waals surface area (Å²) in [4.78, 5) is 46.9. The van der Waals surface area contributed by atoms with Gasteiger partial charge in [0, 0.05) is 35.0 Å². The van der Waals surface area contributed by atoms with E-state index in [0.717, 1.165) is 6.42 Å². The number of hydrogen-bond acceptors (Lipinski definition) is 6. The first kappa shape index (κ1) is 29.2. The van der Waals surface area contributed by atoms with E-state index in [9.17, 15) is 19.5 Å². The monoisotopic (exact) mass is 571 g/mol. The van der Waals surface area contributed by atoms with Crippen LogP contribution < -0.4 is 10.3 Å². The van der Waals surface area contributed by atoms with Crippen molar-refractivity contribution in [3.63, 3.8) is 0 Å². The minimum atomic E-state index is -1.03. The van der Waals surface area contributed by atoms with Crippen LogP contribution in [0, 0.1) is 28.4 Å². The van der Waals surface area contributed by atoms with Crippen molar-refractivity contribution in [2.24, 2.45) is 17.3 Å². The quantitative estimate of drug-likeness (QED) is 0.206. The normalized spacial score (nSPS) is 27.1. The SMILES string of the molecule is CC1=CCC(C(=O)N(C2=C(C(=O)O)SS(C#CC(C)(C)C)=C2)C2CCC(Oc3nccc(=O)[nH]3)CC2)C(C)C1. The molecule has 1 amide bonds. The topological polar surface area (TPSA) is 113 Å². The molecule has 1 fully saturated rings. The van der Waals surface area contributed by atoms with Crippen LogP contribution in [-0.2, 0) is 9.59 Å². The van der Waals surface area contributed by atoms with Gasteiger partial charge in [-0.1, -0.05) is 24.5 Å². The van der Waals surface area contributed by atoms with Crippen molar-refractivity contribution in [2.45, 2.75) is 85.3 Å². The number of rotatable bonds is 6. The summed E-state index contributed by atoms with van der Waals surface area (Å²) >= 11 is 0. The number of carboxylic acid groups (broad SMARTS) is 1. The molecule has 0 radical (unpaired) electrons. The molecule has 1 aromatic heterocycles. The Morgan fingerprint density at radius 3 is 2.59 bits per heavy atom. The molecule has 0 saturated heterocycles. The number of allylic oxidation sites excluding steroid dienone is 3. The van der Waals surface area contributed by atoms with Gasteiger partial charge >= 0.3 is 5.97 Å². The van der Waals surface area contributed by atoms with Crippen LogP contribution in [-0.4, -0.2) is 49.4 Å². The maximum atomic E-state index is 14.2. The number of carbonyl (C=O) groups is 2. The number of aromatic amines is 1. The molecule has 1 aromatic rings. The highest BCUT2D eigenvalue weighted by atomic mass is 33.1. The molecule has 3 unspecified atom stereocenters. The van der Waals surface area contributed by atoms with Gasteiger partial charge in [-0.3, -0.25) is 14.6 Å². The number of carbonyl (C=O) groups excluding carboxylic acids is 1. The first-order valence-corrected chi connectivity index (χ1v) is 16.0. The summed E-state index contributed by atoms with van der Waals surface area (Å²) in [5.41, 5.74) is 1.29. The van der Waals surface area contributed by atoms with Crippen molar-refractivity contribution in [3.05, 3.63) is 44.9 Å². The van der Waals surface area contributed by atoms with Gasteiger partial charge in [0.2, 0.25) is 5.91 Å². The highest BCUT2D eigenvalue weighted by molar-refractivity contribution is 8.87. The second-order valence-corrected chi connectivity index (χ2v) is 14.8. The maximum absolute atomic E-state index is 14.2. The lowest BCUT2D eigenvalue weighted by molar-refractivity contribution is -0.138. The molecule has 3 aliphatic rings. The van der Waals surface area contributed by atoms with E-state index in [0.29, 0.717) is 37.8 Å². The molecule has 8 nitrogen and oxygen atoms in total. The Morgan fingerprint density at radius 2 is 1.97 bits per heavy atom. The van der Waals surface area contributed by atoms with E-state index in [4.69, 9.17) is 4.74 Å². The van der Waals surface area contributed by atoms with Gasteiger partial charge in [0.05, 0.1) is 5.70 Å². The van der Waals surface area contributed by atoms with Crippen molar-refractivity contribution in [2.75, 3.05) is 0 Å². The third kappa shape index (κ3) is 7.46. The van der Waals surface area contributed by atoms with Gasteiger partial charge in [-0.15, -0.1) is 0 Å². The van der Waals surface area contributed by atoms with Crippen molar-refractivity contribution >= 4 is 37.6 Å². The number of carboxylic acids is 1. The number of H-pyrrole nitrogens is 1. The van der Waals surface area contributed by atoms with Crippen LogP contribution in [0.3, 0.4) is 0 Å². The molecular weight excluding hydrogens is 534 g/mol. The van der Waals surface area contributed by atoms with Gasteiger partial charge in [-0.25, -0.2) is 9.78 Å². The lowest BCUT2D eigenvalue weighted by Gasteiger charge is -2.40. The van der Waals surface area contributed by atoms with E-state index in [1.165, 1.54) is 28.6 Å². The maximum Gasteiger partial charge on any atom is 0.345 e. The Balaban J connectivity index is 1.63. The molecule has 10 heteroatoms. The first-order valence-electron chi connectivity index (χ1n) is 13.4. The minimum absolute atomic E-state index is 0.00972. The standard InChI is InChI=1S/C29H37N3O5S2/c1-18-6-11-22(19(2)16-18)26(34)32(23-17-39(15-13-29(3,4)5)38-25(23)27(35)36)20-7-9-21(10-8-20)37-28-30-14-12-24(33)31-28/h6,12,14,17,19-22H,7-11,16H2,1-5H3,(H,35,36)(H,30,31,33). The van der Waals surface area contributed by atoms with Gasteiger partial charge in [0.25, 0.3) is 11.6 Å². The van der Waals surface area contributed by atoms with Gasteiger partial charge in [0.1, 0.15) is 11.0 Å². The smallest absolute Gasteiger partial charge is 0.345 e. The fourth-order valence-electron chi connectivity index (χ4n) is 5.18. The van der Waals surface area contributed by atoms with Crippen LogP contribution in [0.15, 0.2) is 39.3 Å². The Hall–Kier alpha value is -2.77. The molecule has 1 aliphatic heterocycles. The lowest BCUT2D eigenvalue weighted by Crippen LogP contribution is -2.47. The Morgan fingerprint density at radius 1 is 1.26 bits per heavy atom. The van der Waals surface area contributed by atoms with Gasteiger partial charge in [-0.2, -0.15) is 0 Å². The Bertz CT molecular complexity index is 1340. The molecule has 2 aliphatic carbocycles. The Labute approximate surface area is 236 Å². The molecule has 210 valence electrons. The minimum Gasteiger partial charge on any atom is -0.477 e. The van der Waals surface area contributed by atoms with E-state index in [1.54, 1.807) is 4.90 Å². The van der Waals surface area contributed by atoms with Crippen molar-refractivity contribution in [1.29, 1.82) is 0 Å².